The summed E-state index contributed by atoms with van der Waals surface area (Å²) in [6, 6.07) is 25.0. The monoisotopic (exact) mass is 441 g/mol. The van der Waals surface area contributed by atoms with Gasteiger partial charge in [-0.3, -0.25) is 9.69 Å². The molecule has 168 valence electrons. The molecule has 4 rings (SSSR count). The van der Waals surface area contributed by atoms with Crippen LogP contribution in [0.5, 0.6) is 5.75 Å². The lowest BCUT2D eigenvalue weighted by atomic mass is 9.95. The van der Waals surface area contributed by atoms with E-state index in [9.17, 15) is 10.1 Å². The Morgan fingerprint density at radius 3 is 2.39 bits per heavy atom. The number of methoxy groups -OCH3 is 1. The van der Waals surface area contributed by atoms with E-state index < -0.39 is 0 Å². The molecule has 1 unspecified atom stereocenters. The second-order valence-electron chi connectivity index (χ2n) is 7.85. The fourth-order valence-electron chi connectivity index (χ4n) is 4.19. The van der Waals surface area contributed by atoms with Gasteiger partial charge in [0.25, 0.3) is 5.91 Å². The number of amides is 1. The van der Waals surface area contributed by atoms with Crippen molar-refractivity contribution in [3.8, 4) is 22.9 Å². The largest absolute Gasteiger partial charge is 0.497 e. The second-order valence-corrected chi connectivity index (χ2v) is 7.85. The van der Waals surface area contributed by atoms with Crippen LogP contribution in [0, 0.1) is 11.3 Å². The fraction of sp³-hybridized carbons (Fsp3) is 0.259. The van der Waals surface area contributed by atoms with Gasteiger partial charge in [0, 0.05) is 30.8 Å². The van der Waals surface area contributed by atoms with Gasteiger partial charge in [-0.05, 0) is 35.4 Å². The molecule has 3 aromatic rings. The minimum absolute atomic E-state index is 0.0160. The predicted octanol–water partition coefficient (Wildman–Crippen LogP) is 4.04. The molecule has 3 aromatic carbocycles. The van der Waals surface area contributed by atoms with Crippen LogP contribution >= 0.6 is 0 Å². The van der Waals surface area contributed by atoms with Crippen LogP contribution in [-0.4, -0.2) is 50.8 Å². The van der Waals surface area contributed by atoms with Crippen LogP contribution in [0.3, 0.4) is 0 Å². The van der Waals surface area contributed by atoms with Crippen molar-refractivity contribution in [1.82, 2.24) is 10.2 Å². The number of morpholine rings is 1. The van der Waals surface area contributed by atoms with Gasteiger partial charge >= 0.3 is 0 Å². The molecule has 0 aromatic heterocycles. The van der Waals surface area contributed by atoms with Crippen molar-refractivity contribution >= 4 is 5.91 Å². The normalized spacial score (nSPS) is 14.8. The average molecular weight is 442 g/mol. The summed E-state index contributed by atoms with van der Waals surface area (Å²) < 4.78 is 10.8. The van der Waals surface area contributed by atoms with E-state index in [-0.39, 0.29) is 11.9 Å². The van der Waals surface area contributed by atoms with Crippen LogP contribution in [0.4, 0.5) is 0 Å². The number of hydrogen-bond acceptors (Lipinski definition) is 5. The Bertz CT molecular complexity index is 1130. The molecule has 0 saturated carbocycles. The van der Waals surface area contributed by atoms with E-state index in [4.69, 9.17) is 9.47 Å². The molecule has 1 N–H and O–H groups in total. The molecule has 1 aliphatic heterocycles. The third-order valence-electron chi connectivity index (χ3n) is 5.95. The molecule has 1 saturated heterocycles. The number of benzene rings is 3. The van der Waals surface area contributed by atoms with Gasteiger partial charge in [-0.2, -0.15) is 5.26 Å². The van der Waals surface area contributed by atoms with Crippen LogP contribution in [0.25, 0.3) is 11.1 Å². The van der Waals surface area contributed by atoms with Crippen LogP contribution < -0.4 is 10.1 Å². The molecule has 0 aliphatic carbocycles. The van der Waals surface area contributed by atoms with Gasteiger partial charge in [-0.25, -0.2) is 0 Å². The van der Waals surface area contributed by atoms with E-state index in [0.717, 1.165) is 35.5 Å². The summed E-state index contributed by atoms with van der Waals surface area (Å²) in [5.41, 5.74) is 3.71. The van der Waals surface area contributed by atoms with Crippen LogP contribution in [0.15, 0.2) is 72.8 Å². The van der Waals surface area contributed by atoms with Crippen molar-refractivity contribution in [3.05, 3.63) is 89.5 Å². The summed E-state index contributed by atoms with van der Waals surface area (Å²) in [6.07, 6.45) is 0. The molecule has 6 nitrogen and oxygen atoms in total. The molecule has 33 heavy (non-hydrogen) atoms. The molecule has 1 atom stereocenters. The lowest BCUT2D eigenvalue weighted by Gasteiger charge is -2.35. The lowest BCUT2D eigenvalue weighted by Crippen LogP contribution is -2.43. The van der Waals surface area contributed by atoms with Crippen molar-refractivity contribution < 1.29 is 14.3 Å². The molecule has 0 radical (unpaired) electrons. The van der Waals surface area contributed by atoms with Gasteiger partial charge in [0.15, 0.2) is 0 Å². The minimum atomic E-state index is -0.162. The highest BCUT2D eigenvalue weighted by atomic mass is 16.5. The number of carbonyl (C=O) groups excluding carboxylic acids is 1. The molecular formula is C27H27N3O3. The highest BCUT2D eigenvalue weighted by Gasteiger charge is 2.24. The quantitative estimate of drug-likeness (QED) is 0.599. The fourth-order valence-corrected chi connectivity index (χ4v) is 4.19. The first-order valence-electron chi connectivity index (χ1n) is 11.0. The van der Waals surface area contributed by atoms with Gasteiger partial charge in [0.2, 0.25) is 0 Å². The Morgan fingerprint density at radius 2 is 1.70 bits per heavy atom. The molecule has 1 heterocycles. The number of ether oxygens (including phenoxy) is 2. The van der Waals surface area contributed by atoms with Crippen molar-refractivity contribution in [2.75, 3.05) is 40.0 Å². The van der Waals surface area contributed by atoms with Gasteiger partial charge < -0.3 is 14.8 Å². The summed E-state index contributed by atoms with van der Waals surface area (Å²) in [5, 5.41) is 12.7. The molecule has 1 aliphatic rings. The van der Waals surface area contributed by atoms with Gasteiger partial charge in [-0.1, -0.05) is 48.5 Å². The molecule has 1 fully saturated rings. The van der Waals surface area contributed by atoms with E-state index in [2.05, 4.69) is 16.3 Å². The SMILES string of the molecule is COc1ccc(C(CNC(=O)c2ccccc2-c2ccccc2C#N)N2CCOCC2)cc1. The van der Waals surface area contributed by atoms with Crippen molar-refractivity contribution in [3.63, 3.8) is 0 Å². The maximum atomic E-state index is 13.3. The molecule has 0 bridgehead atoms. The van der Waals surface area contributed by atoms with E-state index in [1.165, 1.54) is 0 Å². The van der Waals surface area contributed by atoms with Gasteiger partial charge in [-0.15, -0.1) is 0 Å². The molecule has 1 amide bonds. The van der Waals surface area contributed by atoms with Crippen LogP contribution in [-0.2, 0) is 4.74 Å². The number of carbonyl (C=O) groups is 1. The van der Waals surface area contributed by atoms with E-state index in [1.54, 1.807) is 19.2 Å². The van der Waals surface area contributed by atoms with Crippen molar-refractivity contribution in [1.29, 1.82) is 5.26 Å². The van der Waals surface area contributed by atoms with E-state index in [0.29, 0.717) is 30.9 Å². The summed E-state index contributed by atoms with van der Waals surface area (Å²) in [5.74, 6) is 0.638. The van der Waals surface area contributed by atoms with Crippen LogP contribution in [0.1, 0.15) is 27.5 Å². The summed E-state index contributed by atoms with van der Waals surface area (Å²) in [4.78, 5) is 15.6. The standard InChI is InChI=1S/C27H27N3O3/c1-32-22-12-10-20(11-13-22)26(30-14-16-33-17-15-30)19-29-27(31)25-9-5-4-8-24(25)23-7-3-2-6-21(23)18-28/h2-13,26H,14-17,19H2,1H3,(H,29,31). The Labute approximate surface area is 194 Å². The highest BCUT2D eigenvalue weighted by Crippen LogP contribution is 2.28. The number of nitrogens with zero attached hydrogens (tertiary/aromatic N) is 2. The van der Waals surface area contributed by atoms with Gasteiger partial charge in [0.1, 0.15) is 5.75 Å². The lowest BCUT2D eigenvalue weighted by molar-refractivity contribution is 0.0162. The summed E-state index contributed by atoms with van der Waals surface area (Å²) in [6.45, 7) is 3.42. The molecular weight excluding hydrogens is 414 g/mol. The average Bonchev–Trinajstić information content (AvgIpc) is 2.89. The van der Waals surface area contributed by atoms with Gasteiger partial charge in [0.05, 0.1) is 38.0 Å². The molecule has 0 spiro atoms. The van der Waals surface area contributed by atoms with Crippen molar-refractivity contribution in [2.24, 2.45) is 0 Å². The zero-order valence-electron chi connectivity index (χ0n) is 18.7. The Hall–Kier alpha value is -3.66. The highest BCUT2D eigenvalue weighted by molar-refractivity contribution is 6.01. The summed E-state index contributed by atoms with van der Waals surface area (Å²) in [7, 11) is 1.65. The number of rotatable bonds is 7. The number of hydrogen-bond donors (Lipinski definition) is 1. The minimum Gasteiger partial charge on any atom is -0.497 e. The predicted molar refractivity (Wildman–Crippen MR) is 127 cm³/mol. The van der Waals surface area contributed by atoms with E-state index in [1.807, 2.05) is 60.7 Å². The Balaban J connectivity index is 1.57. The zero-order valence-corrected chi connectivity index (χ0v) is 18.7. The first-order chi connectivity index (χ1) is 16.2. The zero-order chi connectivity index (χ0) is 23.0. The van der Waals surface area contributed by atoms with Crippen molar-refractivity contribution in [2.45, 2.75) is 6.04 Å². The second kappa shape index (κ2) is 10.8. The smallest absolute Gasteiger partial charge is 0.251 e. The number of nitriles is 1. The third kappa shape index (κ3) is 5.23. The first-order valence-corrected chi connectivity index (χ1v) is 11.0. The maximum absolute atomic E-state index is 13.3. The number of nitrogens with one attached hydrogen (secondary N) is 1. The third-order valence-corrected chi connectivity index (χ3v) is 5.95. The maximum Gasteiger partial charge on any atom is 0.251 e. The topological polar surface area (TPSA) is 74.6 Å². The summed E-state index contributed by atoms with van der Waals surface area (Å²) >= 11 is 0. The first kappa shape index (κ1) is 22.5. The van der Waals surface area contributed by atoms with Crippen LogP contribution in [0.2, 0.25) is 0 Å². The Kier molecular flexibility index (Phi) is 7.36. The van der Waals surface area contributed by atoms with E-state index >= 15 is 0 Å². The molecule has 6 heteroatoms. The Morgan fingerprint density at radius 1 is 1.03 bits per heavy atom.